The molecule has 1 aliphatic heterocycles. The molecule has 27 heavy (non-hydrogen) atoms. The summed E-state index contributed by atoms with van der Waals surface area (Å²) in [6.45, 7) is 11.3. The summed E-state index contributed by atoms with van der Waals surface area (Å²) in [5.74, 6) is 0.820. The molecule has 1 unspecified atom stereocenters. The number of aryl methyl sites for hydroxylation is 1. The molecule has 2 rings (SSSR count). The molecule has 9 nitrogen and oxygen atoms in total. The molecule has 1 aromatic heterocycles. The Balaban J connectivity index is 1.89. The molecule has 1 amide bonds. The van der Waals surface area contributed by atoms with Crippen molar-refractivity contribution in [3.05, 3.63) is 18.0 Å². The molecule has 2 N–H and O–H groups in total. The van der Waals surface area contributed by atoms with E-state index in [1.54, 1.807) is 4.68 Å². The minimum absolute atomic E-state index is 0.0313. The van der Waals surface area contributed by atoms with Crippen LogP contribution in [0.4, 0.5) is 4.79 Å². The van der Waals surface area contributed by atoms with Gasteiger partial charge < -0.3 is 25.0 Å². The molecule has 1 aromatic rings. The van der Waals surface area contributed by atoms with Crippen LogP contribution in [0.15, 0.2) is 17.4 Å². The lowest BCUT2D eigenvalue weighted by Crippen LogP contribution is -2.48. The Kier molecular flexibility index (Phi) is 7.46. The average Bonchev–Trinajstić information content (AvgIpc) is 3.03. The van der Waals surface area contributed by atoms with Crippen LogP contribution < -0.4 is 10.6 Å². The first-order valence-corrected chi connectivity index (χ1v) is 9.38. The maximum atomic E-state index is 11.7. The quantitative estimate of drug-likeness (QED) is 0.454. The van der Waals surface area contributed by atoms with Gasteiger partial charge >= 0.3 is 6.09 Å². The van der Waals surface area contributed by atoms with E-state index >= 15 is 0 Å². The van der Waals surface area contributed by atoms with Gasteiger partial charge in [-0.15, -0.1) is 0 Å². The second-order valence-corrected chi connectivity index (χ2v) is 7.42. The van der Waals surface area contributed by atoms with Gasteiger partial charge in [-0.2, -0.15) is 5.10 Å². The standard InChI is InChI=1S/C18H32N6O3/c1-6-19-16(20-7-8-21-17(25)27-18(2,3)4)24-9-10-26-15(13-24)14-11-22-23(5)12-14/h11-12,15H,6-10,13H2,1-5H3,(H,19,20)(H,21,25). The van der Waals surface area contributed by atoms with Crippen molar-refractivity contribution in [3.8, 4) is 0 Å². The fraction of sp³-hybridized carbons (Fsp3) is 0.722. The number of alkyl carbamates (subject to hydrolysis) is 1. The van der Waals surface area contributed by atoms with Gasteiger partial charge in [0.1, 0.15) is 11.7 Å². The largest absolute Gasteiger partial charge is 0.444 e. The highest BCUT2D eigenvalue weighted by molar-refractivity contribution is 5.80. The first kappa shape index (κ1) is 21.0. The van der Waals surface area contributed by atoms with E-state index in [-0.39, 0.29) is 6.10 Å². The van der Waals surface area contributed by atoms with E-state index in [2.05, 4.69) is 25.6 Å². The number of aliphatic imine (C=N–C) groups is 1. The van der Waals surface area contributed by atoms with Gasteiger partial charge in [0.05, 0.1) is 25.9 Å². The maximum absolute atomic E-state index is 11.7. The molecule has 0 aromatic carbocycles. The number of nitrogens with zero attached hydrogens (tertiary/aromatic N) is 4. The Morgan fingerprint density at radius 1 is 1.44 bits per heavy atom. The summed E-state index contributed by atoms with van der Waals surface area (Å²) < 4.78 is 12.9. The molecule has 1 saturated heterocycles. The Hall–Kier alpha value is -2.29. The molecule has 152 valence electrons. The predicted molar refractivity (Wildman–Crippen MR) is 104 cm³/mol. The Morgan fingerprint density at radius 2 is 2.22 bits per heavy atom. The topological polar surface area (TPSA) is 93.0 Å². The van der Waals surface area contributed by atoms with E-state index in [9.17, 15) is 4.79 Å². The molecule has 0 saturated carbocycles. The summed E-state index contributed by atoms with van der Waals surface area (Å²) in [7, 11) is 1.90. The lowest BCUT2D eigenvalue weighted by molar-refractivity contribution is -0.00803. The number of carbonyl (C=O) groups is 1. The van der Waals surface area contributed by atoms with E-state index < -0.39 is 11.7 Å². The van der Waals surface area contributed by atoms with Gasteiger partial charge in [-0.1, -0.05) is 0 Å². The van der Waals surface area contributed by atoms with E-state index in [4.69, 9.17) is 9.47 Å². The van der Waals surface area contributed by atoms with Crippen LogP contribution in [0.3, 0.4) is 0 Å². The Morgan fingerprint density at radius 3 is 2.85 bits per heavy atom. The van der Waals surface area contributed by atoms with Crippen LogP contribution in [-0.2, 0) is 16.5 Å². The number of nitrogens with one attached hydrogen (secondary N) is 2. The molecular weight excluding hydrogens is 348 g/mol. The third kappa shape index (κ3) is 7.09. The normalized spacial score (nSPS) is 18.3. The van der Waals surface area contributed by atoms with Gasteiger partial charge in [-0.05, 0) is 27.7 Å². The SMILES string of the molecule is CCNC(=NCCNC(=O)OC(C)(C)C)N1CCOC(c2cnn(C)c2)C1. The molecule has 1 atom stereocenters. The zero-order chi connectivity index (χ0) is 19.9. The van der Waals surface area contributed by atoms with Crippen LogP contribution >= 0.6 is 0 Å². The van der Waals surface area contributed by atoms with Gasteiger partial charge in [-0.25, -0.2) is 4.79 Å². The maximum Gasteiger partial charge on any atom is 0.407 e. The summed E-state index contributed by atoms with van der Waals surface area (Å²) in [6, 6.07) is 0. The number of guanidine groups is 1. The summed E-state index contributed by atoms with van der Waals surface area (Å²) in [4.78, 5) is 18.5. The Labute approximate surface area is 161 Å². The number of aromatic nitrogens is 2. The molecule has 0 spiro atoms. The van der Waals surface area contributed by atoms with Gasteiger partial charge in [0.25, 0.3) is 0 Å². The van der Waals surface area contributed by atoms with Crippen LogP contribution in [0, 0.1) is 0 Å². The van der Waals surface area contributed by atoms with E-state index in [1.807, 2.05) is 47.1 Å². The van der Waals surface area contributed by atoms with Crippen LogP contribution in [0.2, 0.25) is 0 Å². The molecular formula is C18H32N6O3. The minimum atomic E-state index is -0.503. The zero-order valence-electron chi connectivity index (χ0n) is 17.0. The Bertz CT molecular complexity index is 637. The molecule has 9 heteroatoms. The van der Waals surface area contributed by atoms with Gasteiger partial charge in [-0.3, -0.25) is 9.67 Å². The molecule has 1 fully saturated rings. The van der Waals surface area contributed by atoms with Gasteiger partial charge in [0.15, 0.2) is 5.96 Å². The number of carbonyl (C=O) groups excluding carboxylic acids is 1. The third-order valence-electron chi connectivity index (χ3n) is 3.84. The second-order valence-electron chi connectivity index (χ2n) is 7.42. The second kappa shape index (κ2) is 9.59. The van der Waals surface area contributed by atoms with Crippen LogP contribution in [0.1, 0.15) is 39.4 Å². The lowest BCUT2D eigenvalue weighted by atomic mass is 10.1. The van der Waals surface area contributed by atoms with E-state index in [0.717, 1.165) is 24.6 Å². The van der Waals surface area contributed by atoms with Crippen LogP contribution in [0.25, 0.3) is 0 Å². The van der Waals surface area contributed by atoms with Crippen molar-refractivity contribution in [2.75, 3.05) is 39.3 Å². The number of amides is 1. The minimum Gasteiger partial charge on any atom is -0.444 e. The smallest absolute Gasteiger partial charge is 0.407 e. The zero-order valence-corrected chi connectivity index (χ0v) is 17.0. The summed E-state index contributed by atoms with van der Waals surface area (Å²) in [5, 5.41) is 10.3. The first-order chi connectivity index (χ1) is 12.8. The molecule has 0 aliphatic carbocycles. The molecule has 2 heterocycles. The fourth-order valence-electron chi connectivity index (χ4n) is 2.71. The fourth-order valence-corrected chi connectivity index (χ4v) is 2.71. The monoisotopic (exact) mass is 380 g/mol. The van der Waals surface area contributed by atoms with Crippen molar-refractivity contribution < 1.29 is 14.3 Å². The predicted octanol–water partition coefficient (Wildman–Crippen LogP) is 1.28. The first-order valence-electron chi connectivity index (χ1n) is 9.38. The summed E-state index contributed by atoms with van der Waals surface area (Å²) in [6.07, 6.45) is 3.35. The number of hydrogen-bond donors (Lipinski definition) is 2. The lowest BCUT2D eigenvalue weighted by Gasteiger charge is -2.34. The highest BCUT2D eigenvalue weighted by atomic mass is 16.6. The number of morpholine rings is 1. The number of hydrogen-bond acceptors (Lipinski definition) is 5. The number of ether oxygens (including phenoxy) is 2. The van der Waals surface area contributed by atoms with E-state index in [1.165, 1.54) is 0 Å². The molecule has 0 radical (unpaired) electrons. The van der Waals surface area contributed by atoms with Crippen molar-refractivity contribution in [1.29, 1.82) is 0 Å². The highest BCUT2D eigenvalue weighted by Crippen LogP contribution is 2.21. The molecule has 1 aliphatic rings. The third-order valence-corrected chi connectivity index (χ3v) is 3.84. The van der Waals surface area contributed by atoms with Gasteiger partial charge in [0.2, 0.25) is 0 Å². The highest BCUT2D eigenvalue weighted by Gasteiger charge is 2.25. The summed E-state index contributed by atoms with van der Waals surface area (Å²) >= 11 is 0. The van der Waals surface area contributed by atoms with Gasteiger partial charge in [0, 0.05) is 38.4 Å². The van der Waals surface area contributed by atoms with Crippen molar-refractivity contribution in [2.24, 2.45) is 12.0 Å². The van der Waals surface area contributed by atoms with Crippen LogP contribution in [0.5, 0.6) is 0 Å². The summed E-state index contributed by atoms with van der Waals surface area (Å²) in [5.41, 5.74) is 0.557. The van der Waals surface area contributed by atoms with Crippen molar-refractivity contribution in [3.63, 3.8) is 0 Å². The van der Waals surface area contributed by atoms with Crippen molar-refractivity contribution in [1.82, 2.24) is 25.3 Å². The average molecular weight is 380 g/mol. The van der Waals surface area contributed by atoms with Crippen molar-refractivity contribution >= 4 is 12.1 Å². The van der Waals surface area contributed by atoms with Crippen LogP contribution in [-0.4, -0.2) is 71.7 Å². The van der Waals surface area contributed by atoms with E-state index in [0.29, 0.717) is 26.2 Å². The van der Waals surface area contributed by atoms with Crippen molar-refractivity contribution in [2.45, 2.75) is 39.4 Å². The molecule has 0 bridgehead atoms. The number of rotatable bonds is 5.